The van der Waals surface area contributed by atoms with Crippen molar-refractivity contribution in [2.45, 2.75) is 13.5 Å². The molecule has 17 heavy (non-hydrogen) atoms. The second kappa shape index (κ2) is 5.15. The van der Waals surface area contributed by atoms with Crippen molar-refractivity contribution < 1.29 is 9.05 Å². The summed E-state index contributed by atoms with van der Waals surface area (Å²) >= 11 is 0. The maximum absolute atomic E-state index is 5.79. The fraction of sp³-hybridized carbons (Fsp3) is 0.300. The van der Waals surface area contributed by atoms with Crippen molar-refractivity contribution >= 4 is 11.7 Å². The lowest BCUT2D eigenvalue weighted by atomic mass is 10.4. The highest BCUT2D eigenvalue weighted by Crippen LogP contribution is 2.09. The van der Waals surface area contributed by atoms with E-state index in [9.17, 15) is 0 Å². The minimum atomic E-state index is 0.263. The molecule has 0 bridgehead atoms. The summed E-state index contributed by atoms with van der Waals surface area (Å²) in [5.41, 5.74) is 6.21. The number of rotatable bonds is 5. The molecule has 7 nitrogen and oxygen atoms in total. The van der Waals surface area contributed by atoms with Gasteiger partial charge in [0.1, 0.15) is 5.76 Å². The van der Waals surface area contributed by atoms with Gasteiger partial charge in [0, 0.05) is 6.54 Å². The van der Waals surface area contributed by atoms with Gasteiger partial charge < -0.3 is 15.5 Å². The van der Waals surface area contributed by atoms with Crippen molar-refractivity contribution in [1.82, 2.24) is 10.3 Å². The predicted octanol–water partition coefficient (Wildman–Crippen LogP) is 1.000. The molecule has 0 radical (unpaired) electrons. The summed E-state index contributed by atoms with van der Waals surface area (Å²) in [6.07, 6.45) is 1.59. The minimum Gasteiger partial charge on any atom is -0.467 e. The van der Waals surface area contributed by atoms with Gasteiger partial charge in [-0.05, 0) is 29.4 Å². The Bertz CT molecular complexity index is 489. The van der Waals surface area contributed by atoms with E-state index in [-0.39, 0.29) is 5.84 Å². The summed E-state index contributed by atoms with van der Waals surface area (Å²) in [4.78, 5) is 4.15. The monoisotopic (exact) mass is 235 g/mol. The van der Waals surface area contributed by atoms with Crippen molar-refractivity contribution in [2.24, 2.45) is 10.7 Å². The maximum atomic E-state index is 5.79. The number of nitrogens with two attached hydrogens (primary N) is 1. The van der Waals surface area contributed by atoms with E-state index in [1.54, 1.807) is 12.3 Å². The summed E-state index contributed by atoms with van der Waals surface area (Å²) in [7, 11) is 0. The number of nitrogens with one attached hydrogen (secondary N) is 1. The molecule has 0 unspecified atom stereocenters. The smallest absolute Gasteiger partial charge is 0.202 e. The molecule has 0 fully saturated rings. The zero-order chi connectivity index (χ0) is 12.1. The molecule has 2 rings (SSSR count). The lowest BCUT2D eigenvalue weighted by Crippen LogP contribution is -2.16. The van der Waals surface area contributed by atoms with Crippen molar-refractivity contribution in [3.05, 3.63) is 29.9 Å². The van der Waals surface area contributed by atoms with Crippen LogP contribution in [0.5, 0.6) is 0 Å². The van der Waals surface area contributed by atoms with Gasteiger partial charge in [0.15, 0.2) is 11.5 Å². The molecular weight excluding hydrogens is 222 g/mol. The van der Waals surface area contributed by atoms with Crippen LogP contribution in [0.3, 0.4) is 0 Å². The number of hydrogen-bond acceptors (Lipinski definition) is 6. The maximum Gasteiger partial charge on any atom is 0.202 e. The Morgan fingerprint density at radius 2 is 2.41 bits per heavy atom. The fourth-order valence-corrected chi connectivity index (χ4v) is 1.28. The van der Waals surface area contributed by atoms with Crippen LogP contribution < -0.4 is 11.1 Å². The molecule has 0 saturated heterocycles. The van der Waals surface area contributed by atoms with E-state index in [0.717, 1.165) is 5.76 Å². The van der Waals surface area contributed by atoms with E-state index in [1.165, 1.54) is 0 Å². The van der Waals surface area contributed by atoms with E-state index in [2.05, 4.69) is 25.3 Å². The normalized spacial score (nSPS) is 11.7. The number of aliphatic imine (C=N–C) groups is 1. The van der Waals surface area contributed by atoms with Crippen LogP contribution in [-0.2, 0) is 6.54 Å². The minimum absolute atomic E-state index is 0.263. The van der Waals surface area contributed by atoms with Gasteiger partial charge >= 0.3 is 0 Å². The number of hydrogen-bond donors (Lipinski definition) is 2. The third-order valence-corrected chi connectivity index (χ3v) is 2.06. The van der Waals surface area contributed by atoms with Gasteiger partial charge in [-0.15, -0.1) is 0 Å². The number of anilines is 1. The second-order valence-corrected chi connectivity index (χ2v) is 3.27. The number of furan rings is 1. The van der Waals surface area contributed by atoms with Gasteiger partial charge in [-0.3, -0.25) is 4.99 Å². The van der Waals surface area contributed by atoms with Gasteiger partial charge in [-0.25, -0.2) is 4.63 Å². The molecule has 7 heteroatoms. The van der Waals surface area contributed by atoms with E-state index >= 15 is 0 Å². The van der Waals surface area contributed by atoms with E-state index in [0.29, 0.717) is 24.6 Å². The second-order valence-electron chi connectivity index (χ2n) is 3.27. The lowest BCUT2D eigenvalue weighted by molar-refractivity contribution is 0.307. The lowest BCUT2D eigenvalue weighted by Gasteiger charge is -1.99. The molecule has 0 spiro atoms. The Morgan fingerprint density at radius 1 is 1.53 bits per heavy atom. The third-order valence-electron chi connectivity index (χ3n) is 2.06. The first kappa shape index (κ1) is 11.2. The van der Waals surface area contributed by atoms with Crippen LogP contribution in [0.2, 0.25) is 0 Å². The Kier molecular flexibility index (Phi) is 3.39. The molecule has 0 aliphatic rings. The number of nitrogens with zero attached hydrogens (tertiary/aromatic N) is 3. The summed E-state index contributed by atoms with van der Waals surface area (Å²) < 4.78 is 9.75. The first-order valence-electron chi connectivity index (χ1n) is 5.20. The van der Waals surface area contributed by atoms with Gasteiger partial charge in [0.2, 0.25) is 5.82 Å². The summed E-state index contributed by atoms with van der Waals surface area (Å²) in [5, 5.41) is 10.4. The molecule has 0 aromatic carbocycles. The van der Waals surface area contributed by atoms with Crippen molar-refractivity contribution in [3.8, 4) is 0 Å². The van der Waals surface area contributed by atoms with Crippen LogP contribution in [0.4, 0.5) is 5.82 Å². The average molecular weight is 235 g/mol. The Morgan fingerprint density at radius 3 is 3.12 bits per heavy atom. The Hall–Kier alpha value is -2.31. The molecule has 0 atom stereocenters. The zero-order valence-electron chi connectivity index (χ0n) is 9.38. The highest BCUT2D eigenvalue weighted by atomic mass is 16.6. The highest BCUT2D eigenvalue weighted by molar-refractivity contribution is 5.99. The predicted molar refractivity (Wildman–Crippen MR) is 61.6 cm³/mol. The highest BCUT2D eigenvalue weighted by Gasteiger charge is 2.12. The first-order chi connectivity index (χ1) is 8.31. The molecule has 3 N–H and O–H groups in total. The van der Waals surface area contributed by atoms with Crippen molar-refractivity contribution in [3.63, 3.8) is 0 Å². The molecule has 0 saturated carbocycles. The first-order valence-corrected chi connectivity index (χ1v) is 5.20. The van der Waals surface area contributed by atoms with Gasteiger partial charge in [-0.1, -0.05) is 0 Å². The van der Waals surface area contributed by atoms with Crippen molar-refractivity contribution in [2.75, 3.05) is 11.9 Å². The molecule has 2 aromatic heterocycles. The average Bonchev–Trinajstić information content (AvgIpc) is 2.97. The van der Waals surface area contributed by atoms with Crippen LogP contribution in [0.25, 0.3) is 0 Å². The summed E-state index contributed by atoms with van der Waals surface area (Å²) in [6, 6.07) is 3.62. The summed E-state index contributed by atoms with van der Waals surface area (Å²) in [6.45, 7) is 3.00. The quantitative estimate of drug-likeness (QED) is 0.592. The van der Waals surface area contributed by atoms with E-state index < -0.39 is 0 Å². The van der Waals surface area contributed by atoms with Gasteiger partial charge in [0.25, 0.3) is 0 Å². The van der Waals surface area contributed by atoms with Gasteiger partial charge in [-0.2, -0.15) is 0 Å². The number of aromatic nitrogens is 2. The van der Waals surface area contributed by atoms with Crippen LogP contribution in [0, 0.1) is 0 Å². The van der Waals surface area contributed by atoms with Crippen LogP contribution in [0.15, 0.2) is 32.4 Å². The molecule has 0 aliphatic carbocycles. The van der Waals surface area contributed by atoms with Crippen LogP contribution in [-0.4, -0.2) is 22.7 Å². The zero-order valence-corrected chi connectivity index (χ0v) is 9.38. The fourth-order valence-electron chi connectivity index (χ4n) is 1.28. The Labute approximate surface area is 97.7 Å². The largest absolute Gasteiger partial charge is 0.467 e. The molecule has 0 aliphatic heterocycles. The SMILES string of the molecule is CCNc1nonc1C(N)=NCc1ccco1. The van der Waals surface area contributed by atoms with E-state index in [4.69, 9.17) is 10.2 Å². The molecule has 2 aromatic rings. The molecule has 2 heterocycles. The van der Waals surface area contributed by atoms with E-state index in [1.807, 2.05) is 13.0 Å². The molecular formula is C10H13N5O2. The third kappa shape index (κ3) is 2.63. The van der Waals surface area contributed by atoms with Gasteiger partial charge in [0.05, 0.1) is 12.8 Å². The van der Waals surface area contributed by atoms with Crippen LogP contribution >= 0.6 is 0 Å². The van der Waals surface area contributed by atoms with Crippen LogP contribution in [0.1, 0.15) is 18.4 Å². The number of amidine groups is 1. The molecule has 90 valence electrons. The Balaban J connectivity index is 2.10. The topological polar surface area (TPSA) is 102 Å². The molecule has 0 amide bonds. The standard InChI is InChI=1S/C10H13N5O2/c1-2-12-10-8(14-17-15-10)9(11)13-6-7-4-3-5-16-7/h3-5H,2,6H2,1H3,(H2,11,13)(H,12,15). The van der Waals surface area contributed by atoms with Crippen molar-refractivity contribution in [1.29, 1.82) is 0 Å². The summed E-state index contributed by atoms with van der Waals surface area (Å²) in [5.74, 6) is 1.49.